The van der Waals surface area contributed by atoms with E-state index in [4.69, 9.17) is 9.15 Å². The third-order valence-electron chi connectivity index (χ3n) is 5.29. The molecular formula is C26H25N3O3. The highest BCUT2D eigenvalue weighted by Crippen LogP contribution is 2.24. The van der Waals surface area contributed by atoms with Crippen LogP contribution in [0.3, 0.4) is 0 Å². The smallest absolute Gasteiger partial charge is 0.266 e. The van der Waals surface area contributed by atoms with E-state index in [0.717, 1.165) is 37.4 Å². The number of nitrogens with zero attached hydrogens (tertiary/aromatic N) is 2. The fourth-order valence-electron chi connectivity index (χ4n) is 3.57. The minimum atomic E-state index is -0.485. The van der Waals surface area contributed by atoms with E-state index in [1.807, 2.05) is 42.5 Å². The molecule has 1 saturated heterocycles. The number of nitrogens with one attached hydrogen (secondary N) is 1. The van der Waals surface area contributed by atoms with Crippen LogP contribution in [-0.2, 0) is 11.4 Å². The number of rotatable bonds is 7. The van der Waals surface area contributed by atoms with Gasteiger partial charge in [-0.3, -0.25) is 4.79 Å². The molecule has 1 aliphatic heterocycles. The zero-order valence-corrected chi connectivity index (χ0v) is 17.8. The summed E-state index contributed by atoms with van der Waals surface area (Å²) in [5.74, 6) is 1.48. The quantitative estimate of drug-likeness (QED) is 0.404. The summed E-state index contributed by atoms with van der Waals surface area (Å²) in [6.45, 7) is 2.40. The van der Waals surface area contributed by atoms with Gasteiger partial charge in [0.25, 0.3) is 5.91 Å². The lowest BCUT2D eigenvalue weighted by Gasteiger charge is -2.25. The van der Waals surface area contributed by atoms with Gasteiger partial charge >= 0.3 is 0 Å². The maximum absolute atomic E-state index is 12.6. The molecule has 0 spiro atoms. The van der Waals surface area contributed by atoms with Crippen LogP contribution < -0.4 is 15.0 Å². The lowest BCUT2D eigenvalue weighted by Crippen LogP contribution is -2.28. The van der Waals surface area contributed by atoms with Crippen molar-refractivity contribution in [1.29, 1.82) is 5.26 Å². The third-order valence-corrected chi connectivity index (χ3v) is 5.29. The highest BCUT2D eigenvalue weighted by Gasteiger charge is 2.15. The lowest BCUT2D eigenvalue weighted by atomic mass is 10.1. The number of carbonyl (C=O) groups is 1. The van der Waals surface area contributed by atoms with Crippen LogP contribution in [0.1, 0.15) is 30.6 Å². The maximum Gasteiger partial charge on any atom is 0.266 e. The largest absolute Gasteiger partial charge is 0.489 e. The number of amides is 1. The highest BCUT2D eigenvalue weighted by atomic mass is 16.5. The zero-order valence-electron chi connectivity index (χ0n) is 17.8. The van der Waals surface area contributed by atoms with Gasteiger partial charge in [0.05, 0.1) is 0 Å². The number of benzene rings is 2. The Hall–Kier alpha value is -3.98. The van der Waals surface area contributed by atoms with Crippen LogP contribution in [0.5, 0.6) is 5.75 Å². The average Bonchev–Trinajstić information content (AvgIpc) is 3.32. The SMILES string of the molecule is N#C/C(=C\c1ccc(N2CCCCC2)o1)C(=O)Nc1ccc(OCc2ccccc2)cc1. The molecule has 4 rings (SSSR count). The summed E-state index contributed by atoms with van der Waals surface area (Å²) in [5, 5.41) is 12.2. The molecule has 0 bridgehead atoms. The van der Waals surface area contributed by atoms with Gasteiger partial charge in [0, 0.05) is 30.9 Å². The number of hydrogen-bond donors (Lipinski definition) is 1. The molecule has 1 aromatic heterocycles. The average molecular weight is 428 g/mol. The Morgan fingerprint density at radius 1 is 1.03 bits per heavy atom. The Bertz CT molecular complexity index is 1110. The molecule has 6 nitrogen and oxygen atoms in total. The van der Waals surface area contributed by atoms with Gasteiger partial charge in [0.15, 0.2) is 5.88 Å². The third kappa shape index (κ3) is 5.58. The number of ether oxygens (including phenoxy) is 1. The van der Waals surface area contributed by atoms with Crippen LogP contribution in [0.2, 0.25) is 0 Å². The lowest BCUT2D eigenvalue weighted by molar-refractivity contribution is -0.112. The number of carbonyl (C=O) groups excluding carboxylic acids is 1. The number of piperidine rings is 1. The van der Waals surface area contributed by atoms with Gasteiger partial charge < -0.3 is 19.4 Å². The number of hydrogen-bond acceptors (Lipinski definition) is 5. The predicted molar refractivity (Wildman–Crippen MR) is 124 cm³/mol. The summed E-state index contributed by atoms with van der Waals surface area (Å²) in [6.07, 6.45) is 5.00. The molecule has 1 amide bonds. The van der Waals surface area contributed by atoms with Gasteiger partial charge in [0.2, 0.25) is 0 Å². The molecule has 2 aromatic carbocycles. The molecule has 162 valence electrons. The van der Waals surface area contributed by atoms with Crippen molar-refractivity contribution in [2.24, 2.45) is 0 Å². The van der Waals surface area contributed by atoms with E-state index in [1.54, 1.807) is 30.3 Å². The number of furan rings is 1. The van der Waals surface area contributed by atoms with Gasteiger partial charge in [-0.25, -0.2) is 0 Å². The summed E-state index contributed by atoms with van der Waals surface area (Å²) in [7, 11) is 0. The summed E-state index contributed by atoms with van der Waals surface area (Å²) < 4.78 is 11.6. The van der Waals surface area contributed by atoms with Crippen molar-refractivity contribution >= 4 is 23.6 Å². The van der Waals surface area contributed by atoms with Crippen LogP contribution in [0.25, 0.3) is 6.08 Å². The number of nitriles is 1. The first-order valence-electron chi connectivity index (χ1n) is 10.8. The fraction of sp³-hybridized carbons (Fsp3) is 0.231. The minimum Gasteiger partial charge on any atom is -0.489 e. The first-order chi connectivity index (χ1) is 15.7. The monoisotopic (exact) mass is 427 g/mol. The number of anilines is 2. The molecule has 6 heteroatoms. The summed E-state index contributed by atoms with van der Waals surface area (Å²) in [6, 6.07) is 22.6. The van der Waals surface area contributed by atoms with E-state index in [9.17, 15) is 10.1 Å². The molecule has 1 N–H and O–H groups in total. The first-order valence-corrected chi connectivity index (χ1v) is 10.8. The summed E-state index contributed by atoms with van der Waals surface area (Å²) in [5.41, 5.74) is 1.64. The van der Waals surface area contributed by atoms with Crippen molar-refractivity contribution in [3.8, 4) is 11.8 Å². The van der Waals surface area contributed by atoms with E-state index < -0.39 is 5.91 Å². The molecule has 0 unspecified atom stereocenters. The predicted octanol–water partition coefficient (Wildman–Crippen LogP) is 5.39. The van der Waals surface area contributed by atoms with Crippen molar-refractivity contribution in [3.63, 3.8) is 0 Å². The second kappa shape index (κ2) is 10.4. The van der Waals surface area contributed by atoms with Gasteiger partial charge in [0.1, 0.15) is 29.8 Å². The molecule has 0 aliphatic carbocycles. The normalized spacial score (nSPS) is 14.0. The first kappa shape index (κ1) is 21.3. The van der Waals surface area contributed by atoms with E-state index in [0.29, 0.717) is 23.8 Å². The van der Waals surface area contributed by atoms with E-state index in [-0.39, 0.29) is 5.57 Å². The van der Waals surface area contributed by atoms with Crippen LogP contribution in [-0.4, -0.2) is 19.0 Å². The van der Waals surface area contributed by atoms with Gasteiger partial charge in [-0.2, -0.15) is 5.26 Å². The van der Waals surface area contributed by atoms with E-state index >= 15 is 0 Å². The zero-order chi connectivity index (χ0) is 22.2. The molecule has 0 radical (unpaired) electrons. The molecule has 0 saturated carbocycles. The summed E-state index contributed by atoms with van der Waals surface area (Å²) in [4.78, 5) is 14.8. The van der Waals surface area contributed by atoms with Crippen molar-refractivity contribution in [3.05, 3.63) is 83.6 Å². The van der Waals surface area contributed by atoms with Crippen molar-refractivity contribution in [2.45, 2.75) is 25.9 Å². The van der Waals surface area contributed by atoms with Gasteiger partial charge in [-0.05, 0) is 55.2 Å². The summed E-state index contributed by atoms with van der Waals surface area (Å²) >= 11 is 0. The van der Waals surface area contributed by atoms with Crippen LogP contribution in [0.15, 0.2) is 76.7 Å². The minimum absolute atomic E-state index is 0.0195. The topological polar surface area (TPSA) is 78.5 Å². The van der Waals surface area contributed by atoms with E-state index in [2.05, 4.69) is 10.2 Å². The van der Waals surface area contributed by atoms with Crippen LogP contribution >= 0.6 is 0 Å². The Labute approximate surface area is 187 Å². The maximum atomic E-state index is 12.6. The molecule has 1 aliphatic rings. The van der Waals surface area contributed by atoms with Gasteiger partial charge in [-0.15, -0.1) is 0 Å². The molecule has 1 fully saturated rings. The fourth-order valence-corrected chi connectivity index (χ4v) is 3.57. The Morgan fingerprint density at radius 3 is 2.50 bits per heavy atom. The van der Waals surface area contributed by atoms with Gasteiger partial charge in [-0.1, -0.05) is 30.3 Å². The Morgan fingerprint density at radius 2 is 1.78 bits per heavy atom. The molecule has 32 heavy (non-hydrogen) atoms. The molecular weight excluding hydrogens is 402 g/mol. The van der Waals surface area contributed by atoms with Crippen molar-refractivity contribution < 1.29 is 13.9 Å². The van der Waals surface area contributed by atoms with Crippen molar-refractivity contribution in [2.75, 3.05) is 23.3 Å². The molecule has 2 heterocycles. The molecule has 0 atom stereocenters. The second-order valence-electron chi connectivity index (χ2n) is 7.65. The van der Waals surface area contributed by atoms with Crippen molar-refractivity contribution in [1.82, 2.24) is 0 Å². The van der Waals surface area contributed by atoms with E-state index in [1.165, 1.54) is 12.5 Å². The van der Waals surface area contributed by atoms with Crippen LogP contribution in [0.4, 0.5) is 11.6 Å². The van der Waals surface area contributed by atoms with Crippen LogP contribution in [0, 0.1) is 11.3 Å². The Balaban J connectivity index is 1.35. The standard InChI is InChI=1S/C26H25N3O3/c27-18-21(17-24-13-14-25(32-24)29-15-5-2-6-16-29)26(30)28-22-9-11-23(12-10-22)31-19-20-7-3-1-4-8-20/h1,3-4,7-14,17H,2,5-6,15-16,19H2,(H,28,30)/b21-17+. The second-order valence-corrected chi connectivity index (χ2v) is 7.65. The Kier molecular flexibility index (Phi) is 6.88. The molecule has 3 aromatic rings. The highest BCUT2D eigenvalue weighted by molar-refractivity contribution is 6.09.